The van der Waals surface area contributed by atoms with Gasteiger partial charge in [-0.2, -0.15) is 0 Å². The number of nitrogens with one attached hydrogen (secondary N) is 1. The lowest BCUT2D eigenvalue weighted by molar-refractivity contribution is 0.146. The van der Waals surface area contributed by atoms with Crippen molar-refractivity contribution in [1.82, 2.24) is 10.2 Å². The average Bonchev–Trinajstić information content (AvgIpc) is 2.42. The maximum absolute atomic E-state index is 3.82. The summed E-state index contributed by atoms with van der Waals surface area (Å²) in [6, 6.07) is 0. The van der Waals surface area contributed by atoms with Gasteiger partial charge in [-0.05, 0) is 52.2 Å². The van der Waals surface area contributed by atoms with Crippen LogP contribution in [0.1, 0.15) is 45.4 Å². The van der Waals surface area contributed by atoms with Crippen LogP contribution >= 0.6 is 0 Å². The highest BCUT2D eigenvalue weighted by molar-refractivity contribution is 4.95. The summed E-state index contributed by atoms with van der Waals surface area (Å²) in [6.45, 7) is 6.15. The quantitative estimate of drug-likeness (QED) is 0.714. The third-order valence-electron chi connectivity index (χ3n) is 4.35. The molecule has 88 valence electrons. The normalized spacial score (nSPS) is 36.4. The van der Waals surface area contributed by atoms with E-state index in [1.165, 1.54) is 58.2 Å². The Labute approximate surface area is 94.4 Å². The fraction of sp³-hybridized carbons (Fsp3) is 1.00. The molecule has 1 N–H and O–H groups in total. The van der Waals surface area contributed by atoms with Gasteiger partial charge in [0.15, 0.2) is 0 Å². The van der Waals surface area contributed by atoms with Crippen LogP contribution in [-0.4, -0.2) is 37.1 Å². The Kier molecular flexibility index (Phi) is 3.68. The van der Waals surface area contributed by atoms with Crippen LogP contribution in [0.15, 0.2) is 0 Å². The molecule has 0 aromatic heterocycles. The monoisotopic (exact) mass is 210 g/mol. The van der Waals surface area contributed by atoms with Crippen molar-refractivity contribution in [3.05, 3.63) is 0 Å². The van der Waals surface area contributed by atoms with Gasteiger partial charge >= 0.3 is 0 Å². The van der Waals surface area contributed by atoms with E-state index in [1.54, 1.807) is 0 Å². The molecule has 0 bridgehead atoms. The molecule has 2 rings (SSSR count). The maximum Gasteiger partial charge on any atom is 0.0308 e. The second kappa shape index (κ2) is 4.84. The first-order valence-electron chi connectivity index (χ1n) is 6.64. The van der Waals surface area contributed by atoms with Crippen molar-refractivity contribution < 1.29 is 0 Å². The highest BCUT2D eigenvalue weighted by atomic mass is 15.2. The molecule has 1 saturated heterocycles. The van der Waals surface area contributed by atoms with Crippen LogP contribution in [0.4, 0.5) is 0 Å². The topological polar surface area (TPSA) is 15.3 Å². The van der Waals surface area contributed by atoms with Crippen LogP contribution in [0.25, 0.3) is 0 Å². The Morgan fingerprint density at radius 1 is 1.13 bits per heavy atom. The first kappa shape index (κ1) is 11.4. The SMILES string of the molecule is CN1CCCNC(C)(C2CCCCC2)C1. The fourth-order valence-corrected chi connectivity index (χ4v) is 3.43. The first-order chi connectivity index (χ1) is 7.21. The van der Waals surface area contributed by atoms with Crippen LogP contribution < -0.4 is 5.32 Å². The van der Waals surface area contributed by atoms with Gasteiger partial charge in [-0.15, -0.1) is 0 Å². The smallest absolute Gasteiger partial charge is 0.0308 e. The fourth-order valence-electron chi connectivity index (χ4n) is 3.43. The van der Waals surface area contributed by atoms with Crippen LogP contribution in [0.2, 0.25) is 0 Å². The van der Waals surface area contributed by atoms with Crippen molar-refractivity contribution in [2.24, 2.45) is 5.92 Å². The molecule has 1 saturated carbocycles. The maximum atomic E-state index is 3.82. The van der Waals surface area contributed by atoms with Gasteiger partial charge in [0.1, 0.15) is 0 Å². The number of likely N-dealkylation sites (N-methyl/N-ethyl adjacent to an activating group) is 1. The molecule has 2 aliphatic rings. The van der Waals surface area contributed by atoms with Gasteiger partial charge in [0.05, 0.1) is 0 Å². The summed E-state index contributed by atoms with van der Waals surface area (Å²) in [5.41, 5.74) is 0.381. The Morgan fingerprint density at radius 2 is 1.87 bits per heavy atom. The minimum Gasteiger partial charge on any atom is -0.310 e. The van der Waals surface area contributed by atoms with Gasteiger partial charge in [-0.25, -0.2) is 0 Å². The highest BCUT2D eigenvalue weighted by Gasteiger charge is 2.36. The van der Waals surface area contributed by atoms with Crippen molar-refractivity contribution in [3.8, 4) is 0 Å². The molecular formula is C13H26N2. The lowest BCUT2D eigenvalue weighted by Gasteiger charge is -2.41. The second-order valence-corrected chi connectivity index (χ2v) is 5.77. The van der Waals surface area contributed by atoms with E-state index in [2.05, 4.69) is 24.2 Å². The zero-order valence-electron chi connectivity index (χ0n) is 10.4. The van der Waals surface area contributed by atoms with E-state index in [1.807, 2.05) is 0 Å². The Morgan fingerprint density at radius 3 is 2.60 bits per heavy atom. The van der Waals surface area contributed by atoms with E-state index >= 15 is 0 Å². The number of rotatable bonds is 1. The van der Waals surface area contributed by atoms with Crippen molar-refractivity contribution in [3.63, 3.8) is 0 Å². The summed E-state index contributed by atoms with van der Waals surface area (Å²) in [5, 5.41) is 3.82. The van der Waals surface area contributed by atoms with Crippen LogP contribution in [0, 0.1) is 5.92 Å². The Bertz CT molecular complexity index is 199. The molecule has 0 aromatic rings. The van der Waals surface area contributed by atoms with E-state index < -0.39 is 0 Å². The summed E-state index contributed by atoms with van der Waals surface area (Å²) < 4.78 is 0. The third-order valence-corrected chi connectivity index (χ3v) is 4.35. The minimum absolute atomic E-state index is 0.381. The lowest BCUT2D eigenvalue weighted by Crippen LogP contribution is -2.54. The predicted molar refractivity (Wildman–Crippen MR) is 65.1 cm³/mol. The molecule has 1 heterocycles. The van der Waals surface area contributed by atoms with Crippen LogP contribution in [0.3, 0.4) is 0 Å². The zero-order chi connectivity index (χ0) is 10.7. The Hall–Kier alpha value is -0.0800. The second-order valence-electron chi connectivity index (χ2n) is 5.77. The van der Waals surface area contributed by atoms with Crippen molar-refractivity contribution in [2.75, 3.05) is 26.7 Å². The van der Waals surface area contributed by atoms with Gasteiger partial charge in [0, 0.05) is 12.1 Å². The minimum atomic E-state index is 0.381. The molecule has 0 amide bonds. The van der Waals surface area contributed by atoms with Gasteiger partial charge < -0.3 is 10.2 Å². The molecular weight excluding hydrogens is 184 g/mol. The van der Waals surface area contributed by atoms with Gasteiger partial charge in [-0.3, -0.25) is 0 Å². The number of hydrogen-bond donors (Lipinski definition) is 1. The molecule has 15 heavy (non-hydrogen) atoms. The molecule has 0 radical (unpaired) electrons. The molecule has 1 aliphatic heterocycles. The first-order valence-corrected chi connectivity index (χ1v) is 6.64. The molecule has 2 nitrogen and oxygen atoms in total. The number of hydrogen-bond acceptors (Lipinski definition) is 2. The van der Waals surface area contributed by atoms with Gasteiger partial charge in [-0.1, -0.05) is 19.3 Å². The van der Waals surface area contributed by atoms with Crippen LogP contribution in [-0.2, 0) is 0 Å². The molecule has 1 aliphatic carbocycles. The number of nitrogens with zero attached hydrogens (tertiary/aromatic N) is 1. The largest absolute Gasteiger partial charge is 0.310 e. The zero-order valence-corrected chi connectivity index (χ0v) is 10.4. The molecule has 1 unspecified atom stereocenters. The van der Waals surface area contributed by atoms with E-state index in [0.717, 1.165) is 5.92 Å². The average molecular weight is 210 g/mol. The summed E-state index contributed by atoms with van der Waals surface area (Å²) in [6.07, 6.45) is 8.55. The lowest BCUT2D eigenvalue weighted by atomic mass is 9.75. The summed E-state index contributed by atoms with van der Waals surface area (Å²) in [4.78, 5) is 2.51. The summed E-state index contributed by atoms with van der Waals surface area (Å²) in [7, 11) is 2.27. The Balaban J connectivity index is 2.01. The third kappa shape index (κ3) is 2.73. The summed E-state index contributed by atoms with van der Waals surface area (Å²) in [5.74, 6) is 0.909. The van der Waals surface area contributed by atoms with Gasteiger partial charge in [0.2, 0.25) is 0 Å². The van der Waals surface area contributed by atoms with Crippen molar-refractivity contribution in [2.45, 2.75) is 51.0 Å². The molecule has 0 aromatic carbocycles. The molecule has 0 spiro atoms. The van der Waals surface area contributed by atoms with E-state index in [0.29, 0.717) is 5.54 Å². The predicted octanol–water partition coefficient (Wildman–Crippen LogP) is 2.25. The van der Waals surface area contributed by atoms with Crippen molar-refractivity contribution >= 4 is 0 Å². The van der Waals surface area contributed by atoms with Gasteiger partial charge in [0.25, 0.3) is 0 Å². The molecule has 2 heteroatoms. The van der Waals surface area contributed by atoms with Crippen molar-refractivity contribution in [1.29, 1.82) is 0 Å². The van der Waals surface area contributed by atoms with E-state index in [4.69, 9.17) is 0 Å². The highest BCUT2D eigenvalue weighted by Crippen LogP contribution is 2.33. The standard InChI is InChI=1S/C13H26N2/c1-13(12-7-4-3-5-8-12)11-15(2)10-6-9-14-13/h12,14H,3-11H2,1-2H3. The molecule has 2 fully saturated rings. The van der Waals surface area contributed by atoms with Crippen LogP contribution in [0.5, 0.6) is 0 Å². The summed E-state index contributed by atoms with van der Waals surface area (Å²) >= 11 is 0. The van der Waals surface area contributed by atoms with E-state index in [-0.39, 0.29) is 0 Å². The van der Waals surface area contributed by atoms with E-state index in [9.17, 15) is 0 Å². The molecule has 1 atom stereocenters.